The van der Waals surface area contributed by atoms with Gasteiger partial charge in [0.2, 0.25) is 0 Å². The zero-order valence-corrected chi connectivity index (χ0v) is 12.0. The fraction of sp³-hybridized carbons (Fsp3) is 0.643. The van der Waals surface area contributed by atoms with Crippen LogP contribution in [0.4, 0.5) is 5.82 Å². The van der Waals surface area contributed by atoms with E-state index < -0.39 is 5.97 Å². The van der Waals surface area contributed by atoms with Crippen LogP contribution >= 0.6 is 0 Å². The quantitative estimate of drug-likeness (QED) is 0.578. The summed E-state index contributed by atoms with van der Waals surface area (Å²) in [6.07, 6.45) is 9.10. The number of aromatic nitrogens is 2. The molecule has 5 heteroatoms. The summed E-state index contributed by atoms with van der Waals surface area (Å²) in [5, 5.41) is 3.26. The van der Waals surface area contributed by atoms with Gasteiger partial charge < -0.3 is 10.1 Å². The first kappa shape index (κ1) is 15.4. The van der Waals surface area contributed by atoms with E-state index in [1.54, 1.807) is 6.20 Å². The molecule has 1 heterocycles. The Kier molecular flexibility index (Phi) is 6.85. The van der Waals surface area contributed by atoms with Gasteiger partial charge >= 0.3 is 5.97 Å². The molecule has 0 aliphatic carbocycles. The van der Waals surface area contributed by atoms with E-state index in [0.717, 1.165) is 6.42 Å². The highest BCUT2D eigenvalue weighted by molar-refractivity contribution is 5.87. The normalized spacial score (nSPS) is 11.9. The Morgan fingerprint density at radius 2 is 2.16 bits per heavy atom. The van der Waals surface area contributed by atoms with Gasteiger partial charge in [-0.25, -0.2) is 9.78 Å². The Morgan fingerprint density at radius 1 is 1.37 bits per heavy atom. The van der Waals surface area contributed by atoms with Crippen molar-refractivity contribution in [2.24, 2.45) is 0 Å². The number of anilines is 1. The molecule has 1 aromatic heterocycles. The van der Waals surface area contributed by atoms with E-state index in [9.17, 15) is 4.79 Å². The highest BCUT2D eigenvalue weighted by Gasteiger charge is 2.09. The third-order valence-corrected chi connectivity index (χ3v) is 2.91. The fourth-order valence-corrected chi connectivity index (χ4v) is 1.84. The molecule has 0 amide bonds. The highest BCUT2D eigenvalue weighted by Crippen LogP contribution is 2.10. The van der Waals surface area contributed by atoms with Crippen LogP contribution in [0.2, 0.25) is 0 Å². The zero-order valence-electron chi connectivity index (χ0n) is 12.0. The molecule has 19 heavy (non-hydrogen) atoms. The summed E-state index contributed by atoms with van der Waals surface area (Å²) in [5.74, 6) is 0.151. The molecule has 0 saturated carbocycles. The Labute approximate surface area is 114 Å². The average molecular weight is 265 g/mol. The predicted molar refractivity (Wildman–Crippen MR) is 75.2 cm³/mol. The lowest BCUT2D eigenvalue weighted by molar-refractivity contribution is 0.0593. The minimum Gasteiger partial charge on any atom is -0.464 e. The molecule has 1 aromatic rings. The van der Waals surface area contributed by atoms with E-state index in [1.165, 1.54) is 39.0 Å². The molecule has 0 spiro atoms. The van der Waals surface area contributed by atoms with E-state index in [4.69, 9.17) is 0 Å². The molecule has 1 atom stereocenters. The second-order valence-corrected chi connectivity index (χ2v) is 4.68. The molecule has 106 valence electrons. The standard InChI is InChI=1S/C14H23N3O2/c1-4-5-6-7-8-11(2)16-13-10-15-9-12(17-13)14(18)19-3/h9-11H,4-8H2,1-3H3,(H,16,17). The van der Waals surface area contributed by atoms with Gasteiger partial charge in [-0.15, -0.1) is 0 Å². The smallest absolute Gasteiger partial charge is 0.358 e. The number of methoxy groups -OCH3 is 1. The van der Waals surface area contributed by atoms with Crippen LogP contribution in [0.1, 0.15) is 56.4 Å². The first-order valence-corrected chi connectivity index (χ1v) is 6.84. The summed E-state index contributed by atoms with van der Waals surface area (Å²) in [6.45, 7) is 4.31. The van der Waals surface area contributed by atoms with Crippen LogP contribution in [-0.4, -0.2) is 29.1 Å². The van der Waals surface area contributed by atoms with Crippen molar-refractivity contribution in [1.82, 2.24) is 9.97 Å². The van der Waals surface area contributed by atoms with Crippen molar-refractivity contribution in [1.29, 1.82) is 0 Å². The lowest BCUT2D eigenvalue weighted by Crippen LogP contribution is -2.17. The first-order chi connectivity index (χ1) is 9.17. The monoisotopic (exact) mass is 265 g/mol. The Balaban J connectivity index is 2.45. The molecule has 0 radical (unpaired) electrons. The molecule has 0 bridgehead atoms. The van der Waals surface area contributed by atoms with Crippen LogP contribution in [-0.2, 0) is 4.74 Å². The van der Waals surface area contributed by atoms with Gasteiger partial charge in [0.25, 0.3) is 0 Å². The van der Waals surface area contributed by atoms with Crippen molar-refractivity contribution in [2.45, 2.75) is 52.0 Å². The van der Waals surface area contributed by atoms with Crippen molar-refractivity contribution in [3.05, 3.63) is 18.1 Å². The van der Waals surface area contributed by atoms with E-state index in [0.29, 0.717) is 11.9 Å². The third kappa shape index (κ3) is 5.68. The maximum atomic E-state index is 11.3. The molecular weight excluding hydrogens is 242 g/mol. The van der Waals surface area contributed by atoms with Crippen LogP contribution < -0.4 is 5.32 Å². The Bertz CT molecular complexity index is 396. The second kappa shape index (κ2) is 8.45. The Morgan fingerprint density at radius 3 is 2.84 bits per heavy atom. The SMILES string of the molecule is CCCCCCC(C)Nc1cncc(C(=O)OC)n1. The summed E-state index contributed by atoms with van der Waals surface area (Å²) in [7, 11) is 1.33. The molecule has 1 N–H and O–H groups in total. The number of carbonyl (C=O) groups is 1. The molecule has 5 nitrogen and oxygen atoms in total. The summed E-state index contributed by atoms with van der Waals surface area (Å²) >= 11 is 0. The number of ether oxygens (including phenoxy) is 1. The number of carbonyl (C=O) groups excluding carboxylic acids is 1. The van der Waals surface area contributed by atoms with Gasteiger partial charge in [-0.3, -0.25) is 4.98 Å². The van der Waals surface area contributed by atoms with Gasteiger partial charge in [0, 0.05) is 6.04 Å². The maximum Gasteiger partial charge on any atom is 0.358 e. The first-order valence-electron chi connectivity index (χ1n) is 6.84. The van der Waals surface area contributed by atoms with Gasteiger partial charge in [0.1, 0.15) is 5.82 Å². The van der Waals surface area contributed by atoms with Crippen LogP contribution in [0.5, 0.6) is 0 Å². The number of hydrogen-bond acceptors (Lipinski definition) is 5. The van der Waals surface area contributed by atoms with Gasteiger partial charge in [-0.2, -0.15) is 0 Å². The van der Waals surface area contributed by atoms with Gasteiger partial charge in [-0.05, 0) is 13.3 Å². The number of nitrogens with one attached hydrogen (secondary N) is 1. The van der Waals surface area contributed by atoms with E-state index in [-0.39, 0.29) is 5.69 Å². The third-order valence-electron chi connectivity index (χ3n) is 2.91. The Hall–Kier alpha value is -1.65. The number of esters is 1. The summed E-state index contributed by atoms with van der Waals surface area (Å²) in [4.78, 5) is 19.5. The minimum absolute atomic E-state index is 0.227. The highest BCUT2D eigenvalue weighted by atomic mass is 16.5. The molecule has 0 saturated heterocycles. The van der Waals surface area contributed by atoms with Crippen molar-refractivity contribution in [2.75, 3.05) is 12.4 Å². The van der Waals surface area contributed by atoms with E-state index in [2.05, 4.69) is 33.9 Å². The summed E-state index contributed by atoms with van der Waals surface area (Å²) < 4.78 is 4.62. The molecule has 0 aromatic carbocycles. The molecule has 0 aliphatic rings. The predicted octanol–water partition coefficient (Wildman–Crippen LogP) is 3.03. The maximum absolute atomic E-state index is 11.3. The van der Waals surface area contributed by atoms with E-state index in [1.807, 2.05) is 0 Å². The number of unbranched alkanes of at least 4 members (excludes halogenated alkanes) is 3. The second-order valence-electron chi connectivity index (χ2n) is 4.68. The largest absolute Gasteiger partial charge is 0.464 e. The molecule has 1 rings (SSSR count). The topological polar surface area (TPSA) is 64.1 Å². The van der Waals surface area contributed by atoms with Crippen LogP contribution in [0, 0.1) is 0 Å². The van der Waals surface area contributed by atoms with Gasteiger partial charge in [0.15, 0.2) is 5.69 Å². The fourth-order valence-electron chi connectivity index (χ4n) is 1.84. The van der Waals surface area contributed by atoms with Gasteiger partial charge in [-0.1, -0.05) is 32.6 Å². The minimum atomic E-state index is -0.466. The summed E-state index contributed by atoms with van der Waals surface area (Å²) in [5.41, 5.74) is 0.227. The van der Waals surface area contributed by atoms with Crippen LogP contribution in [0.15, 0.2) is 12.4 Å². The van der Waals surface area contributed by atoms with Crippen LogP contribution in [0.25, 0.3) is 0 Å². The lowest BCUT2D eigenvalue weighted by Gasteiger charge is -2.14. The number of nitrogens with zero attached hydrogens (tertiary/aromatic N) is 2. The molecule has 0 fully saturated rings. The molecule has 1 unspecified atom stereocenters. The molecular formula is C14H23N3O2. The zero-order chi connectivity index (χ0) is 14.1. The van der Waals surface area contributed by atoms with Crippen LogP contribution in [0.3, 0.4) is 0 Å². The van der Waals surface area contributed by atoms with Crippen molar-refractivity contribution in [3.8, 4) is 0 Å². The average Bonchev–Trinajstić information content (AvgIpc) is 2.43. The summed E-state index contributed by atoms with van der Waals surface area (Å²) in [6, 6.07) is 0.319. The number of hydrogen-bond donors (Lipinski definition) is 1. The molecule has 0 aliphatic heterocycles. The van der Waals surface area contributed by atoms with Crippen molar-refractivity contribution in [3.63, 3.8) is 0 Å². The van der Waals surface area contributed by atoms with E-state index >= 15 is 0 Å². The van der Waals surface area contributed by atoms with Gasteiger partial charge in [0.05, 0.1) is 19.5 Å². The lowest BCUT2D eigenvalue weighted by atomic mass is 10.1. The number of rotatable bonds is 8. The van der Waals surface area contributed by atoms with Crippen molar-refractivity contribution < 1.29 is 9.53 Å². The van der Waals surface area contributed by atoms with Crippen molar-refractivity contribution >= 4 is 11.8 Å².